The normalized spacial score (nSPS) is 19.4. The summed E-state index contributed by atoms with van der Waals surface area (Å²) in [4.78, 5) is 24.5. The van der Waals surface area contributed by atoms with Gasteiger partial charge in [0.25, 0.3) is 11.6 Å². The van der Waals surface area contributed by atoms with Gasteiger partial charge in [0.15, 0.2) is 0 Å². The first-order chi connectivity index (χ1) is 9.50. The van der Waals surface area contributed by atoms with Crippen molar-refractivity contribution < 1.29 is 9.72 Å². The van der Waals surface area contributed by atoms with Crippen molar-refractivity contribution in [2.24, 2.45) is 7.05 Å². The first-order valence-electron chi connectivity index (χ1n) is 6.79. The molecule has 20 heavy (non-hydrogen) atoms. The van der Waals surface area contributed by atoms with Crippen LogP contribution < -0.4 is 5.32 Å². The van der Waals surface area contributed by atoms with Crippen molar-refractivity contribution in [1.82, 2.24) is 14.8 Å². The van der Waals surface area contributed by atoms with Crippen molar-refractivity contribution in [1.29, 1.82) is 0 Å². The van der Waals surface area contributed by atoms with Gasteiger partial charge in [0.05, 0.1) is 11.1 Å². The molecule has 110 valence electrons. The van der Waals surface area contributed by atoms with Crippen LogP contribution in [0.1, 0.15) is 29.8 Å². The Bertz CT molecular complexity index is 504. The molecule has 2 heterocycles. The average Bonchev–Trinajstić information content (AvgIpc) is 2.65. The van der Waals surface area contributed by atoms with E-state index in [0.29, 0.717) is 5.69 Å². The Morgan fingerprint density at radius 1 is 1.50 bits per heavy atom. The predicted molar refractivity (Wildman–Crippen MR) is 74.7 cm³/mol. The van der Waals surface area contributed by atoms with E-state index < -0.39 is 4.92 Å². The van der Waals surface area contributed by atoms with Crippen LogP contribution in [0.4, 0.5) is 5.69 Å². The van der Waals surface area contributed by atoms with E-state index in [4.69, 9.17) is 0 Å². The lowest BCUT2D eigenvalue weighted by Crippen LogP contribution is -2.38. The van der Waals surface area contributed by atoms with Gasteiger partial charge in [-0.2, -0.15) is 0 Å². The lowest BCUT2D eigenvalue weighted by Gasteiger charge is -2.27. The second-order valence-electron chi connectivity index (χ2n) is 5.20. The summed E-state index contributed by atoms with van der Waals surface area (Å²) >= 11 is 0. The lowest BCUT2D eigenvalue weighted by molar-refractivity contribution is -0.384. The van der Waals surface area contributed by atoms with Crippen LogP contribution in [0.15, 0.2) is 12.3 Å². The molecular formula is C13H20N4O3. The number of hydrogen-bond donors (Lipinski definition) is 1. The Morgan fingerprint density at radius 2 is 2.25 bits per heavy atom. The fourth-order valence-corrected chi connectivity index (χ4v) is 2.59. The first-order valence-corrected chi connectivity index (χ1v) is 6.79. The molecule has 1 aliphatic rings. The first kappa shape index (κ1) is 14.5. The zero-order chi connectivity index (χ0) is 14.7. The maximum atomic E-state index is 12.5. The number of nitrogens with zero attached hydrogens (tertiary/aromatic N) is 3. The van der Waals surface area contributed by atoms with E-state index in [-0.39, 0.29) is 17.6 Å². The topological polar surface area (TPSA) is 80.4 Å². The number of nitrogens with one attached hydrogen (secondary N) is 1. The van der Waals surface area contributed by atoms with Crippen molar-refractivity contribution >= 4 is 11.6 Å². The number of aryl methyl sites for hydroxylation is 1. The maximum absolute atomic E-state index is 12.5. The Kier molecular flexibility index (Phi) is 4.39. The minimum atomic E-state index is -0.480. The molecule has 7 nitrogen and oxygen atoms in total. The molecule has 0 spiro atoms. The molecule has 1 aromatic heterocycles. The van der Waals surface area contributed by atoms with Gasteiger partial charge in [0.1, 0.15) is 5.69 Å². The highest BCUT2D eigenvalue weighted by Crippen LogP contribution is 2.19. The molecule has 1 amide bonds. The number of nitro groups is 1. The van der Waals surface area contributed by atoms with Gasteiger partial charge in [-0.25, -0.2) is 0 Å². The summed E-state index contributed by atoms with van der Waals surface area (Å²) in [7, 11) is 3.43. The van der Waals surface area contributed by atoms with Crippen LogP contribution in [0.5, 0.6) is 0 Å². The van der Waals surface area contributed by atoms with E-state index in [1.807, 2.05) is 0 Å². The van der Waals surface area contributed by atoms with Crippen LogP contribution in [-0.2, 0) is 7.05 Å². The highest BCUT2D eigenvalue weighted by Gasteiger charge is 2.25. The number of hydrogen-bond acceptors (Lipinski definition) is 4. The molecule has 1 saturated heterocycles. The van der Waals surface area contributed by atoms with Crippen molar-refractivity contribution in [2.75, 3.05) is 20.1 Å². The van der Waals surface area contributed by atoms with Gasteiger partial charge >= 0.3 is 0 Å². The van der Waals surface area contributed by atoms with Crippen LogP contribution >= 0.6 is 0 Å². The van der Waals surface area contributed by atoms with Gasteiger partial charge in [-0.1, -0.05) is 0 Å². The molecule has 0 saturated carbocycles. The van der Waals surface area contributed by atoms with Crippen LogP contribution in [0.25, 0.3) is 0 Å². The lowest BCUT2D eigenvalue weighted by atomic mass is 10.1. The average molecular weight is 280 g/mol. The monoisotopic (exact) mass is 280 g/mol. The van der Waals surface area contributed by atoms with E-state index >= 15 is 0 Å². The number of aromatic nitrogens is 1. The van der Waals surface area contributed by atoms with Gasteiger partial charge in [-0.05, 0) is 32.4 Å². The van der Waals surface area contributed by atoms with Gasteiger partial charge < -0.3 is 14.8 Å². The Labute approximate surface area is 117 Å². The van der Waals surface area contributed by atoms with E-state index in [1.165, 1.54) is 16.8 Å². The van der Waals surface area contributed by atoms with Crippen molar-refractivity contribution in [3.05, 3.63) is 28.1 Å². The number of rotatable bonds is 3. The van der Waals surface area contributed by atoms with Crippen LogP contribution in [0.2, 0.25) is 0 Å². The molecule has 0 aliphatic carbocycles. The van der Waals surface area contributed by atoms with Crippen LogP contribution in [0, 0.1) is 10.1 Å². The third-order valence-corrected chi connectivity index (χ3v) is 3.83. The van der Waals surface area contributed by atoms with Crippen molar-refractivity contribution in [2.45, 2.75) is 25.3 Å². The van der Waals surface area contributed by atoms with Gasteiger partial charge in [0, 0.05) is 26.2 Å². The molecule has 0 radical (unpaired) electrons. The van der Waals surface area contributed by atoms with Gasteiger partial charge in [-0.15, -0.1) is 0 Å². The largest absolute Gasteiger partial charge is 0.340 e. The summed E-state index contributed by atoms with van der Waals surface area (Å²) < 4.78 is 1.52. The summed E-state index contributed by atoms with van der Waals surface area (Å²) in [6.07, 6.45) is 4.28. The minimum Gasteiger partial charge on any atom is -0.340 e. The zero-order valence-electron chi connectivity index (χ0n) is 11.8. The number of carbonyl (C=O) groups is 1. The summed E-state index contributed by atoms with van der Waals surface area (Å²) in [5, 5.41) is 14.1. The molecule has 2 rings (SSSR count). The second-order valence-corrected chi connectivity index (χ2v) is 5.20. The molecule has 1 unspecified atom stereocenters. The minimum absolute atomic E-state index is 0.0493. The fraction of sp³-hybridized carbons (Fsp3) is 0.615. The highest BCUT2D eigenvalue weighted by molar-refractivity contribution is 5.93. The second kappa shape index (κ2) is 6.04. The Hall–Kier alpha value is -1.89. The summed E-state index contributed by atoms with van der Waals surface area (Å²) in [5.74, 6) is -0.160. The standard InChI is InChI=1S/C13H20N4O3/c1-15-9-11(17(19)20)8-12(15)13(18)16(2)10-4-3-6-14-7-5-10/h8-10,14H,3-7H2,1-2H3. The summed E-state index contributed by atoms with van der Waals surface area (Å²) in [6, 6.07) is 1.53. The van der Waals surface area contributed by atoms with E-state index in [0.717, 1.165) is 32.4 Å². The van der Waals surface area contributed by atoms with E-state index in [9.17, 15) is 14.9 Å². The molecule has 0 bridgehead atoms. The summed E-state index contributed by atoms with van der Waals surface area (Å²) in [5.41, 5.74) is 0.309. The van der Waals surface area contributed by atoms with Gasteiger partial charge in [-0.3, -0.25) is 14.9 Å². The number of carbonyl (C=O) groups excluding carboxylic acids is 1. The van der Waals surface area contributed by atoms with Crippen molar-refractivity contribution in [3.63, 3.8) is 0 Å². The maximum Gasteiger partial charge on any atom is 0.287 e. The molecule has 0 aromatic carbocycles. The van der Waals surface area contributed by atoms with E-state index in [1.54, 1.807) is 19.0 Å². The third-order valence-electron chi connectivity index (χ3n) is 3.83. The van der Waals surface area contributed by atoms with Gasteiger partial charge in [0.2, 0.25) is 0 Å². The SMILES string of the molecule is CN(C(=O)c1cc([N+](=O)[O-])cn1C)C1CCCNCC1. The molecule has 7 heteroatoms. The number of amides is 1. The molecule has 1 atom stereocenters. The molecule has 1 N–H and O–H groups in total. The summed E-state index contributed by atoms with van der Waals surface area (Å²) in [6.45, 7) is 1.88. The smallest absolute Gasteiger partial charge is 0.287 e. The molecule has 1 fully saturated rings. The molecule has 1 aliphatic heterocycles. The zero-order valence-corrected chi connectivity index (χ0v) is 11.8. The van der Waals surface area contributed by atoms with Crippen LogP contribution in [-0.4, -0.2) is 46.5 Å². The highest BCUT2D eigenvalue weighted by atomic mass is 16.6. The van der Waals surface area contributed by atoms with E-state index in [2.05, 4.69) is 5.32 Å². The molecule has 1 aromatic rings. The fourth-order valence-electron chi connectivity index (χ4n) is 2.59. The third kappa shape index (κ3) is 2.98. The Morgan fingerprint density at radius 3 is 2.90 bits per heavy atom. The van der Waals surface area contributed by atoms with Crippen LogP contribution in [0.3, 0.4) is 0 Å². The Balaban J connectivity index is 2.15. The van der Waals surface area contributed by atoms with Crippen molar-refractivity contribution in [3.8, 4) is 0 Å². The quantitative estimate of drug-likeness (QED) is 0.665. The predicted octanol–water partition coefficient (Wildman–Crippen LogP) is 1.15. The molecular weight excluding hydrogens is 260 g/mol.